The standard InChI is InChI=1S/C24H28O/c1-2-3-18-23-21-16-10-11-17-22(21)24(25-23,19-12-6-4-7-13-19)20-14-8-5-9-15-20/h4,6-7,10-13,16-18,20H,2-3,5,8-9,14-15H2,1H3/b23-18-. The molecule has 1 atom stereocenters. The van der Waals surface area contributed by atoms with Gasteiger partial charge in [0, 0.05) is 22.6 Å². The number of benzene rings is 2. The molecule has 0 N–H and O–H groups in total. The number of fused-ring (bicyclic) bond motifs is 1. The van der Waals surface area contributed by atoms with Crippen LogP contribution in [0.2, 0.25) is 0 Å². The van der Waals surface area contributed by atoms with Crippen LogP contribution in [-0.2, 0) is 10.3 Å². The van der Waals surface area contributed by atoms with Crippen LogP contribution in [0, 0.1) is 5.92 Å². The molecular formula is C24H28O. The molecule has 1 saturated carbocycles. The van der Waals surface area contributed by atoms with Crippen LogP contribution in [-0.4, -0.2) is 0 Å². The molecule has 0 radical (unpaired) electrons. The summed E-state index contributed by atoms with van der Waals surface area (Å²) in [6, 6.07) is 19.8. The second kappa shape index (κ2) is 7.07. The quantitative estimate of drug-likeness (QED) is 0.606. The number of unbranched alkanes of at least 4 members (excludes halogenated alkanes) is 1. The smallest absolute Gasteiger partial charge is 0.162 e. The van der Waals surface area contributed by atoms with Crippen LogP contribution in [0.15, 0.2) is 60.7 Å². The Labute approximate surface area is 151 Å². The van der Waals surface area contributed by atoms with E-state index in [4.69, 9.17) is 4.74 Å². The van der Waals surface area contributed by atoms with Gasteiger partial charge in [0.15, 0.2) is 5.60 Å². The summed E-state index contributed by atoms with van der Waals surface area (Å²) < 4.78 is 6.91. The van der Waals surface area contributed by atoms with E-state index in [2.05, 4.69) is 67.6 Å². The predicted molar refractivity (Wildman–Crippen MR) is 104 cm³/mol. The van der Waals surface area contributed by atoms with Crippen molar-refractivity contribution in [2.75, 3.05) is 0 Å². The molecule has 0 aromatic heterocycles. The third-order valence-corrected chi connectivity index (χ3v) is 5.86. The molecule has 0 saturated heterocycles. The third kappa shape index (κ3) is 2.80. The molecule has 130 valence electrons. The largest absolute Gasteiger partial charge is 0.477 e. The number of hydrogen-bond donors (Lipinski definition) is 0. The zero-order chi connectivity index (χ0) is 17.1. The van der Waals surface area contributed by atoms with E-state index in [1.54, 1.807) is 0 Å². The van der Waals surface area contributed by atoms with Crippen LogP contribution in [0.3, 0.4) is 0 Å². The Morgan fingerprint density at radius 1 is 0.960 bits per heavy atom. The zero-order valence-corrected chi connectivity index (χ0v) is 15.2. The fourth-order valence-electron chi connectivity index (χ4n) is 4.68. The Bertz CT molecular complexity index is 740. The summed E-state index contributed by atoms with van der Waals surface area (Å²) in [6.07, 6.45) is 11.0. The van der Waals surface area contributed by atoms with Gasteiger partial charge in [0.2, 0.25) is 0 Å². The lowest BCUT2D eigenvalue weighted by atomic mass is 9.70. The Kier molecular flexibility index (Phi) is 4.65. The van der Waals surface area contributed by atoms with E-state index in [0.29, 0.717) is 5.92 Å². The summed E-state index contributed by atoms with van der Waals surface area (Å²) in [5.74, 6) is 1.64. The molecule has 2 aliphatic rings. The van der Waals surface area contributed by atoms with Crippen molar-refractivity contribution in [2.24, 2.45) is 5.92 Å². The fourth-order valence-corrected chi connectivity index (χ4v) is 4.68. The van der Waals surface area contributed by atoms with Crippen molar-refractivity contribution in [1.82, 2.24) is 0 Å². The fraction of sp³-hybridized carbons (Fsp3) is 0.417. The molecule has 1 nitrogen and oxygen atoms in total. The van der Waals surface area contributed by atoms with Gasteiger partial charge >= 0.3 is 0 Å². The van der Waals surface area contributed by atoms with Gasteiger partial charge in [-0.1, -0.05) is 87.2 Å². The van der Waals surface area contributed by atoms with Crippen molar-refractivity contribution in [3.63, 3.8) is 0 Å². The molecule has 25 heavy (non-hydrogen) atoms. The first kappa shape index (κ1) is 16.4. The van der Waals surface area contributed by atoms with Crippen molar-refractivity contribution in [2.45, 2.75) is 57.5 Å². The Balaban J connectivity index is 1.89. The van der Waals surface area contributed by atoms with E-state index in [-0.39, 0.29) is 5.60 Å². The summed E-state index contributed by atoms with van der Waals surface area (Å²) >= 11 is 0. The molecular weight excluding hydrogens is 304 g/mol. The monoisotopic (exact) mass is 332 g/mol. The highest BCUT2D eigenvalue weighted by atomic mass is 16.5. The van der Waals surface area contributed by atoms with E-state index in [1.165, 1.54) is 48.8 Å². The first-order valence-corrected chi connectivity index (χ1v) is 9.91. The van der Waals surface area contributed by atoms with Gasteiger partial charge < -0.3 is 4.74 Å². The van der Waals surface area contributed by atoms with Gasteiger partial charge in [-0.25, -0.2) is 0 Å². The van der Waals surface area contributed by atoms with Gasteiger partial charge in [0.1, 0.15) is 5.76 Å². The highest BCUT2D eigenvalue weighted by Gasteiger charge is 2.50. The predicted octanol–water partition coefficient (Wildman–Crippen LogP) is 6.68. The second-order valence-corrected chi connectivity index (χ2v) is 7.44. The van der Waals surface area contributed by atoms with Crippen molar-refractivity contribution >= 4 is 5.76 Å². The van der Waals surface area contributed by atoms with Gasteiger partial charge in [0.25, 0.3) is 0 Å². The lowest BCUT2D eigenvalue weighted by Crippen LogP contribution is -2.37. The summed E-state index contributed by atoms with van der Waals surface area (Å²) in [5.41, 5.74) is 3.67. The number of hydrogen-bond acceptors (Lipinski definition) is 1. The second-order valence-electron chi connectivity index (χ2n) is 7.44. The number of rotatable bonds is 4. The van der Waals surface area contributed by atoms with Crippen LogP contribution in [0.1, 0.15) is 68.6 Å². The van der Waals surface area contributed by atoms with Crippen molar-refractivity contribution < 1.29 is 4.74 Å². The SMILES string of the molecule is CCC/C=C1\OC(c2ccccc2)(C2CCCCC2)c2ccccc21. The highest BCUT2D eigenvalue weighted by Crippen LogP contribution is 2.54. The molecule has 0 spiro atoms. The molecule has 1 unspecified atom stereocenters. The van der Waals surface area contributed by atoms with E-state index in [9.17, 15) is 0 Å². The minimum atomic E-state index is -0.308. The maximum atomic E-state index is 6.91. The van der Waals surface area contributed by atoms with E-state index in [1.807, 2.05) is 0 Å². The van der Waals surface area contributed by atoms with E-state index < -0.39 is 0 Å². The van der Waals surface area contributed by atoms with Gasteiger partial charge in [-0.2, -0.15) is 0 Å². The van der Waals surface area contributed by atoms with Gasteiger partial charge in [0.05, 0.1) is 0 Å². The summed E-state index contributed by atoms with van der Waals surface area (Å²) in [5, 5.41) is 0. The van der Waals surface area contributed by atoms with E-state index >= 15 is 0 Å². The lowest BCUT2D eigenvalue weighted by Gasteiger charge is -2.40. The first-order valence-electron chi connectivity index (χ1n) is 9.91. The molecule has 4 rings (SSSR count). The average molecular weight is 332 g/mol. The van der Waals surface area contributed by atoms with Crippen LogP contribution in [0.5, 0.6) is 0 Å². The normalized spacial score (nSPS) is 24.9. The topological polar surface area (TPSA) is 9.23 Å². The molecule has 1 fully saturated rings. The first-order chi connectivity index (χ1) is 12.4. The van der Waals surface area contributed by atoms with Crippen molar-refractivity contribution in [1.29, 1.82) is 0 Å². The zero-order valence-electron chi connectivity index (χ0n) is 15.2. The maximum Gasteiger partial charge on any atom is 0.162 e. The molecule has 1 aliphatic carbocycles. The van der Waals surface area contributed by atoms with Crippen molar-refractivity contribution in [3.8, 4) is 0 Å². The lowest BCUT2D eigenvalue weighted by molar-refractivity contribution is 0.0126. The number of ether oxygens (including phenoxy) is 1. The van der Waals surface area contributed by atoms with Gasteiger partial charge in [-0.05, 0) is 25.3 Å². The molecule has 0 bridgehead atoms. The van der Waals surface area contributed by atoms with Crippen LogP contribution < -0.4 is 0 Å². The third-order valence-electron chi connectivity index (χ3n) is 5.86. The van der Waals surface area contributed by atoms with Crippen molar-refractivity contribution in [3.05, 3.63) is 77.4 Å². The molecule has 2 aromatic rings. The molecule has 1 heterocycles. The summed E-state index contributed by atoms with van der Waals surface area (Å²) in [4.78, 5) is 0. The minimum Gasteiger partial charge on any atom is -0.477 e. The van der Waals surface area contributed by atoms with Crippen LogP contribution in [0.25, 0.3) is 5.76 Å². The van der Waals surface area contributed by atoms with E-state index in [0.717, 1.165) is 18.6 Å². The maximum absolute atomic E-state index is 6.91. The minimum absolute atomic E-state index is 0.308. The highest BCUT2D eigenvalue weighted by molar-refractivity contribution is 5.71. The molecule has 1 heteroatoms. The molecule has 2 aromatic carbocycles. The van der Waals surface area contributed by atoms with Crippen LogP contribution in [0.4, 0.5) is 0 Å². The van der Waals surface area contributed by atoms with Gasteiger partial charge in [-0.3, -0.25) is 0 Å². The summed E-state index contributed by atoms with van der Waals surface area (Å²) in [6.45, 7) is 2.23. The molecule has 0 amide bonds. The average Bonchev–Trinajstić information content (AvgIpc) is 3.03. The van der Waals surface area contributed by atoms with Crippen LogP contribution >= 0.6 is 0 Å². The number of allylic oxidation sites excluding steroid dienone is 1. The summed E-state index contributed by atoms with van der Waals surface area (Å²) in [7, 11) is 0. The Morgan fingerprint density at radius 3 is 2.44 bits per heavy atom. The Morgan fingerprint density at radius 2 is 1.68 bits per heavy atom. The Hall–Kier alpha value is -2.02. The molecule has 1 aliphatic heterocycles. The van der Waals surface area contributed by atoms with Gasteiger partial charge in [-0.15, -0.1) is 0 Å².